The average Bonchev–Trinajstić information content (AvgIpc) is 3.42. The average molecular weight is 651 g/mol. The molecule has 0 radical (unpaired) electrons. The standard InChI is InChI=1S/C47H30N4/c1-47(2)40-19-8-7-17-34(40)39-25-38-33-16-6-5-15-32(33)37-24-29(26-49-43(37)45(38)51-46(39)47)27-11-9-12-28(23-27)41-21-20-36-31-14-4-3-13-30(31)35-18-10-22-48-42(35)44(36)50-41/h3-26H,1-2H3. The van der Waals surface area contributed by atoms with Crippen LogP contribution in [0.25, 0.3) is 98.7 Å². The van der Waals surface area contributed by atoms with E-state index in [0.717, 1.165) is 71.7 Å². The molecular weight excluding hydrogens is 621 g/mol. The molecule has 4 nitrogen and oxygen atoms in total. The zero-order chi connectivity index (χ0) is 33.8. The molecule has 238 valence electrons. The predicted molar refractivity (Wildman–Crippen MR) is 211 cm³/mol. The van der Waals surface area contributed by atoms with Crippen LogP contribution in [0.5, 0.6) is 0 Å². The lowest BCUT2D eigenvalue weighted by atomic mass is 9.85. The minimum Gasteiger partial charge on any atom is -0.254 e. The number of benzene rings is 6. The van der Waals surface area contributed by atoms with Crippen LogP contribution in [0.4, 0.5) is 0 Å². The molecule has 1 aliphatic rings. The van der Waals surface area contributed by atoms with E-state index in [1.165, 1.54) is 38.2 Å². The number of nitrogens with zero attached hydrogens (tertiary/aromatic N) is 4. The Kier molecular flexibility index (Phi) is 5.70. The van der Waals surface area contributed by atoms with Gasteiger partial charge < -0.3 is 0 Å². The molecule has 0 fully saturated rings. The van der Waals surface area contributed by atoms with Gasteiger partial charge in [0.05, 0.1) is 33.5 Å². The number of hydrogen-bond acceptors (Lipinski definition) is 4. The van der Waals surface area contributed by atoms with Crippen molar-refractivity contribution in [2.45, 2.75) is 19.3 Å². The second-order valence-corrected chi connectivity index (χ2v) is 14.2. The summed E-state index contributed by atoms with van der Waals surface area (Å²) >= 11 is 0. The molecule has 0 amide bonds. The van der Waals surface area contributed by atoms with Crippen LogP contribution in [-0.2, 0) is 5.41 Å². The molecular formula is C47H30N4. The van der Waals surface area contributed by atoms with E-state index >= 15 is 0 Å². The highest BCUT2D eigenvalue weighted by atomic mass is 14.8. The SMILES string of the molecule is CC1(C)c2ccccc2-c2cc3c4ccccc4c4cc(-c5cccc(-c6ccc7c8ccccc8c8cccnc8c7n6)c5)cnc4c3nc21. The molecule has 0 bridgehead atoms. The van der Waals surface area contributed by atoms with Crippen molar-refractivity contribution in [3.05, 3.63) is 157 Å². The van der Waals surface area contributed by atoms with E-state index in [9.17, 15) is 0 Å². The number of rotatable bonds is 2. The molecule has 0 saturated carbocycles. The van der Waals surface area contributed by atoms with Crippen molar-refractivity contribution >= 4 is 65.2 Å². The molecule has 1 aliphatic carbocycles. The van der Waals surface area contributed by atoms with Crippen molar-refractivity contribution in [1.29, 1.82) is 0 Å². The summed E-state index contributed by atoms with van der Waals surface area (Å²) in [7, 11) is 0. The Morgan fingerprint density at radius 1 is 0.412 bits per heavy atom. The van der Waals surface area contributed by atoms with E-state index in [0.29, 0.717) is 0 Å². The first-order chi connectivity index (χ1) is 25.0. The van der Waals surface area contributed by atoms with Gasteiger partial charge in [-0.1, -0.05) is 111 Å². The van der Waals surface area contributed by atoms with Gasteiger partial charge in [0.15, 0.2) is 0 Å². The molecule has 0 saturated heterocycles. The summed E-state index contributed by atoms with van der Waals surface area (Å²) in [6.07, 6.45) is 3.86. The highest BCUT2D eigenvalue weighted by Crippen LogP contribution is 2.49. The Bertz CT molecular complexity index is 3090. The summed E-state index contributed by atoms with van der Waals surface area (Å²) < 4.78 is 0. The van der Waals surface area contributed by atoms with Crippen LogP contribution in [0, 0.1) is 0 Å². The Labute approximate surface area is 294 Å². The molecule has 0 N–H and O–H groups in total. The predicted octanol–water partition coefficient (Wildman–Crippen LogP) is 11.8. The summed E-state index contributed by atoms with van der Waals surface area (Å²) in [6, 6.07) is 47.7. The van der Waals surface area contributed by atoms with E-state index in [4.69, 9.17) is 19.9 Å². The Morgan fingerprint density at radius 2 is 1.04 bits per heavy atom. The van der Waals surface area contributed by atoms with Crippen LogP contribution in [0.3, 0.4) is 0 Å². The van der Waals surface area contributed by atoms with Gasteiger partial charge in [-0.3, -0.25) is 9.97 Å². The number of aromatic nitrogens is 4. The van der Waals surface area contributed by atoms with Gasteiger partial charge in [0.25, 0.3) is 0 Å². The second-order valence-electron chi connectivity index (χ2n) is 14.2. The summed E-state index contributed by atoms with van der Waals surface area (Å²) in [5, 5.41) is 9.24. The van der Waals surface area contributed by atoms with Crippen LogP contribution >= 0.6 is 0 Å². The highest BCUT2D eigenvalue weighted by Gasteiger charge is 2.37. The van der Waals surface area contributed by atoms with Gasteiger partial charge in [-0.15, -0.1) is 0 Å². The molecule has 4 heterocycles. The first-order valence-corrected chi connectivity index (χ1v) is 17.5. The third-order valence-electron chi connectivity index (χ3n) is 11.1. The molecule has 51 heavy (non-hydrogen) atoms. The van der Waals surface area contributed by atoms with Gasteiger partial charge in [0, 0.05) is 56.0 Å². The molecule has 11 rings (SSSR count). The van der Waals surface area contributed by atoms with Gasteiger partial charge in [-0.2, -0.15) is 0 Å². The zero-order valence-corrected chi connectivity index (χ0v) is 28.1. The van der Waals surface area contributed by atoms with Gasteiger partial charge in [0.2, 0.25) is 0 Å². The number of fused-ring (bicyclic) bond motifs is 15. The maximum absolute atomic E-state index is 5.45. The molecule has 4 aromatic heterocycles. The molecule has 0 atom stereocenters. The fraction of sp³-hybridized carbons (Fsp3) is 0.0638. The van der Waals surface area contributed by atoms with Crippen LogP contribution in [-0.4, -0.2) is 19.9 Å². The van der Waals surface area contributed by atoms with E-state index in [1.54, 1.807) is 0 Å². The van der Waals surface area contributed by atoms with Crippen LogP contribution in [0.15, 0.2) is 146 Å². The van der Waals surface area contributed by atoms with Gasteiger partial charge in [0.1, 0.15) is 0 Å². The summed E-state index contributed by atoms with van der Waals surface area (Å²) in [6.45, 7) is 4.56. The van der Waals surface area contributed by atoms with E-state index < -0.39 is 0 Å². The number of pyridine rings is 4. The smallest absolute Gasteiger partial charge is 0.0978 e. The fourth-order valence-electron chi connectivity index (χ4n) is 8.58. The molecule has 0 spiro atoms. The Hall–Kier alpha value is -6.52. The minimum atomic E-state index is -0.190. The first kappa shape index (κ1) is 28.3. The minimum absolute atomic E-state index is 0.190. The third kappa shape index (κ3) is 3.96. The van der Waals surface area contributed by atoms with E-state index in [-0.39, 0.29) is 5.41 Å². The van der Waals surface area contributed by atoms with Crippen LogP contribution in [0.1, 0.15) is 25.1 Å². The Balaban J connectivity index is 1.09. The number of hydrogen-bond donors (Lipinski definition) is 0. The fourth-order valence-corrected chi connectivity index (χ4v) is 8.58. The largest absolute Gasteiger partial charge is 0.254 e. The molecule has 10 aromatic rings. The first-order valence-electron chi connectivity index (χ1n) is 17.5. The third-order valence-corrected chi connectivity index (χ3v) is 11.1. The lowest BCUT2D eigenvalue weighted by Gasteiger charge is -2.21. The summed E-state index contributed by atoms with van der Waals surface area (Å²) in [5.74, 6) is 0. The summed E-state index contributed by atoms with van der Waals surface area (Å²) in [5.41, 5.74) is 12.6. The summed E-state index contributed by atoms with van der Waals surface area (Å²) in [4.78, 5) is 20.7. The van der Waals surface area contributed by atoms with Crippen molar-refractivity contribution in [2.24, 2.45) is 0 Å². The van der Waals surface area contributed by atoms with Crippen molar-refractivity contribution in [3.8, 4) is 33.5 Å². The maximum atomic E-state index is 5.45. The molecule has 6 aromatic carbocycles. The topological polar surface area (TPSA) is 51.6 Å². The van der Waals surface area contributed by atoms with Crippen molar-refractivity contribution in [3.63, 3.8) is 0 Å². The van der Waals surface area contributed by atoms with E-state index in [1.807, 2.05) is 18.5 Å². The van der Waals surface area contributed by atoms with E-state index in [2.05, 4.69) is 141 Å². The lowest BCUT2D eigenvalue weighted by molar-refractivity contribution is 0.640. The van der Waals surface area contributed by atoms with Gasteiger partial charge >= 0.3 is 0 Å². The molecule has 0 aliphatic heterocycles. The van der Waals surface area contributed by atoms with Crippen molar-refractivity contribution in [1.82, 2.24) is 19.9 Å². The van der Waals surface area contributed by atoms with Crippen LogP contribution in [0.2, 0.25) is 0 Å². The van der Waals surface area contributed by atoms with Crippen molar-refractivity contribution < 1.29 is 0 Å². The van der Waals surface area contributed by atoms with Crippen molar-refractivity contribution in [2.75, 3.05) is 0 Å². The Morgan fingerprint density at radius 3 is 1.84 bits per heavy atom. The lowest BCUT2D eigenvalue weighted by Crippen LogP contribution is -2.16. The molecule has 4 heteroatoms. The second kappa shape index (κ2) is 10.3. The zero-order valence-electron chi connectivity index (χ0n) is 28.1. The van der Waals surface area contributed by atoms with Gasteiger partial charge in [-0.25, -0.2) is 9.97 Å². The quantitative estimate of drug-likeness (QED) is 0.175. The van der Waals surface area contributed by atoms with Gasteiger partial charge in [-0.05, 0) is 74.6 Å². The highest BCUT2D eigenvalue weighted by molar-refractivity contribution is 6.25. The monoisotopic (exact) mass is 650 g/mol. The normalized spacial score (nSPS) is 13.5. The maximum Gasteiger partial charge on any atom is 0.0978 e. The molecule has 0 unspecified atom stereocenters. The van der Waals surface area contributed by atoms with Crippen LogP contribution < -0.4 is 0 Å².